The summed E-state index contributed by atoms with van der Waals surface area (Å²) in [4.78, 5) is 18.4. The third-order valence-electron chi connectivity index (χ3n) is 9.41. The molecule has 2 aromatic carbocycles. The number of aromatic amines is 2. The predicted octanol–water partition coefficient (Wildman–Crippen LogP) is 11.8. The van der Waals surface area contributed by atoms with Crippen molar-refractivity contribution in [3.05, 3.63) is 119 Å². The summed E-state index contributed by atoms with van der Waals surface area (Å²) in [6.07, 6.45) is 19.0. The normalized spacial score (nSPS) is 12.2. The smallest absolute Gasteiger partial charge is 0.0737 e. The highest BCUT2D eigenvalue weighted by molar-refractivity contribution is 5.94. The Labute approximate surface area is 278 Å². The van der Waals surface area contributed by atoms with Gasteiger partial charge in [-0.05, 0) is 90.9 Å². The number of rotatable bonds is 11. The van der Waals surface area contributed by atoms with Gasteiger partial charge in [0.15, 0.2) is 0 Å². The second-order valence-electron chi connectivity index (χ2n) is 12.7. The van der Waals surface area contributed by atoms with Gasteiger partial charge in [0.2, 0.25) is 0 Å². The van der Waals surface area contributed by atoms with E-state index < -0.39 is 0 Å². The fourth-order valence-electron chi connectivity index (χ4n) is 6.95. The van der Waals surface area contributed by atoms with Gasteiger partial charge in [0.05, 0.1) is 22.8 Å². The van der Waals surface area contributed by atoms with Crippen LogP contribution in [0.25, 0.3) is 68.6 Å². The maximum Gasteiger partial charge on any atom is 0.0737 e. The molecule has 47 heavy (non-hydrogen) atoms. The van der Waals surface area contributed by atoms with E-state index in [1.165, 1.54) is 43.2 Å². The molecule has 4 nitrogen and oxygen atoms in total. The van der Waals surface area contributed by atoms with E-state index in [4.69, 9.17) is 9.97 Å². The zero-order valence-corrected chi connectivity index (χ0v) is 27.7. The second-order valence-corrected chi connectivity index (χ2v) is 12.7. The average Bonchev–Trinajstić information content (AvgIpc) is 3.94. The predicted molar refractivity (Wildman–Crippen MR) is 201 cm³/mol. The van der Waals surface area contributed by atoms with Crippen molar-refractivity contribution in [2.45, 2.75) is 71.6 Å². The minimum Gasteiger partial charge on any atom is -0.355 e. The number of benzene rings is 2. The summed E-state index contributed by atoms with van der Waals surface area (Å²) in [7, 11) is 0. The van der Waals surface area contributed by atoms with Gasteiger partial charge in [0.25, 0.3) is 0 Å². The number of H-pyrrole nitrogens is 2. The number of fused-ring (bicyclic) bond motifs is 8. The van der Waals surface area contributed by atoms with Crippen molar-refractivity contribution in [1.82, 2.24) is 19.9 Å². The maximum absolute atomic E-state index is 5.35. The highest BCUT2D eigenvalue weighted by Gasteiger charge is 2.18. The molecule has 0 radical (unpaired) electrons. The van der Waals surface area contributed by atoms with E-state index in [1.807, 2.05) is 0 Å². The van der Waals surface area contributed by atoms with Gasteiger partial charge in [0, 0.05) is 38.8 Å². The van der Waals surface area contributed by atoms with Crippen LogP contribution in [0.4, 0.5) is 0 Å². The van der Waals surface area contributed by atoms with Gasteiger partial charge in [-0.3, -0.25) is 0 Å². The Morgan fingerprint density at radius 3 is 1.36 bits per heavy atom. The SMILES string of the molecule is CCCCCCc1c2ccc([nH]2)c(-c2ccccc2)c2nc(c(CCCCC)c3nc(c(-c4ccccc4)c4ccc1[nH]4)C=C3)C=C2. The standard InChI is InChI=1S/C43H44N4/c1-3-5-7-15-21-33-36-24-28-40(46-36)42(30-16-11-8-12-17-30)38-26-22-34(44-38)32(20-10-6-4-2)35-23-27-39(45-35)43(31-18-13-9-14-19-31)41-29-25-37(33)47-41/h8-9,11-14,16-19,22-29,46-47H,3-7,10,15,20-21H2,1-2H3. The van der Waals surface area contributed by atoms with Gasteiger partial charge in [0.1, 0.15) is 0 Å². The highest BCUT2D eigenvalue weighted by Crippen LogP contribution is 2.35. The minimum absolute atomic E-state index is 0.942. The fourth-order valence-corrected chi connectivity index (χ4v) is 6.95. The largest absolute Gasteiger partial charge is 0.355 e. The van der Waals surface area contributed by atoms with Crippen molar-refractivity contribution in [1.29, 1.82) is 0 Å². The van der Waals surface area contributed by atoms with E-state index in [0.717, 1.165) is 92.8 Å². The molecule has 2 aliphatic rings. The lowest BCUT2D eigenvalue weighted by Crippen LogP contribution is -1.95. The fraction of sp³-hybridized carbons (Fsp3) is 0.256. The first-order valence-corrected chi connectivity index (χ1v) is 17.5. The summed E-state index contributed by atoms with van der Waals surface area (Å²) in [6.45, 7) is 4.53. The van der Waals surface area contributed by atoms with Crippen molar-refractivity contribution in [3.63, 3.8) is 0 Å². The van der Waals surface area contributed by atoms with E-state index in [-0.39, 0.29) is 0 Å². The molecule has 5 aromatic rings. The molecule has 0 saturated heterocycles. The molecule has 7 rings (SSSR count). The number of nitrogens with one attached hydrogen (secondary N) is 2. The summed E-state index contributed by atoms with van der Waals surface area (Å²) in [5.74, 6) is 0. The molecule has 0 saturated carbocycles. The Kier molecular flexibility index (Phi) is 9.28. The second kappa shape index (κ2) is 14.2. The van der Waals surface area contributed by atoms with Crippen molar-refractivity contribution in [2.24, 2.45) is 0 Å². The molecule has 0 unspecified atom stereocenters. The molecule has 8 bridgehead atoms. The van der Waals surface area contributed by atoms with Crippen LogP contribution in [0, 0.1) is 0 Å². The van der Waals surface area contributed by atoms with Gasteiger partial charge in [-0.1, -0.05) is 107 Å². The van der Waals surface area contributed by atoms with E-state index in [9.17, 15) is 0 Å². The summed E-state index contributed by atoms with van der Waals surface area (Å²) in [5.41, 5.74) is 15.5. The minimum atomic E-state index is 0.942. The lowest BCUT2D eigenvalue weighted by Gasteiger charge is -2.06. The first kappa shape index (κ1) is 30.7. The zero-order chi connectivity index (χ0) is 32.0. The Hall–Kier alpha value is -4.96. The first-order chi connectivity index (χ1) is 23.2. The molecule has 0 aliphatic carbocycles. The number of unbranched alkanes of at least 4 members (excludes halogenated alkanes) is 5. The van der Waals surface area contributed by atoms with Crippen molar-refractivity contribution >= 4 is 46.4 Å². The molecule has 236 valence electrons. The number of aromatic nitrogens is 4. The maximum atomic E-state index is 5.35. The van der Waals surface area contributed by atoms with E-state index in [2.05, 4.69) is 133 Å². The highest BCUT2D eigenvalue weighted by atomic mass is 14.8. The Balaban J connectivity index is 1.58. The van der Waals surface area contributed by atoms with Crippen LogP contribution in [0.5, 0.6) is 0 Å². The lowest BCUT2D eigenvalue weighted by molar-refractivity contribution is 0.669. The number of aryl methyl sites for hydroxylation is 1. The monoisotopic (exact) mass is 616 g/mol. The summed E-state index contributed by atoms with van der Waals surface area (Å²) >= 11 is 0. The van der Waals surface area contributed by atoms with Crippen LogP contribution >= 0.6 is 0 Å². The van der Waals surface area contributed by atoms with Gasteiger partial charge in [-0.15, -0.1) is 0 Å². The van der Waals surface area contributed by atoms with Crippen LogP contribution < -0.4 is 0 Å². The quantitative estimate of drug-likeness (QED) is 0.142. The van der Waals surface area contributed by atoms with Crippen molar-refractivity contribution in [2.75, 3.05) is 0 Å². The first-order valence-electron chi connectivity index (χ1n) is 17.5. The van der Waals surface area contributed by atoms with Gasteiger partial charge >= 0.3 is 0 Å². The van der Waals surface area contributed by atoms with E-state index >= 15 is 0 Å². The topological polar surface area (TPSA) is 57.4 Å². The summed E-state index contributed by atoms with van der Waals surface area (Å²) in [5, 5.41) is 0. The van der Waals surface area contributed by atoms with Crippen LogP contribution in [0.2, 0.25) is 0 Å². The third kappa shape index (κ3) is 6.51. The Bertz CT molecular complexity index is 1940. The molecular formula is C43H44N4. The third-order valence-corrected chi connectivity index (χ3v) is 9.41. The lowest BCUT2D eigenvalue weighted by atomic mass is 10.0. The molecular weight excluding hydrogens is 573 g/mol. The van der Waals surface area contributed by atoms with Crippen molar-refractivity contribution < 1.29 is 0 Å². The molecule has 3 aromatic heterocycles. The molecule has 0 fully saturated rings. The molecule has 4 heteroatoms. The van der Waals surface area contributed by atoms with Crippen LogP contribution in [0.1, 0.15) is 92.7 Å². The zero-order valence-electron chi connectivity index (χ0n) is 27.7. The molecule has 0 spiro atoms. The molecule has 2 aliphatic heterocycles. The van der Waals surface area contributed by atoms with Crippen LogP contribution in [-0.4, -0.2) is 19.9 Å². The molecule has 0 amide bonds. The van der Waals surface area contributed by atoms with Gasteiger partial charge in [-0.25, -0.2) is 9.97 Å². The summed E-state index contributed by atoms with van der Waals surface area (Å²) in [6, 6.07) is 30.3. The van der Waals surface area contributed by atoms with Gasteiger partial charge in [-0.2, -0.15) is 0 Å². The van der Waals surface area contributed by atoms with Crippen LogP contribution in [-0.2, 0) is 12.8 Å². The molecule has 0 atom stereocenters. The molecule has 5 heterocycles. The Morgan fingerprint density at radius 1 is 0.426 bits per heavy atom. The number of hydrogen-bond acceptors (Lipinski definition) is 2. The van der Waals surface area contributed by atoms with E-state index in [1.54, 1.807) is 0 Å². The number of hydrogen-bond donors (Lipinski definition) is 2. The summed E-state index contributed by atoms with van der Waals surface area (Å²) < 4.78 is 0. The van der Waals surface area contributed by atoms with Crippen LogP contribution in [0.15, 0.2) is 84.9 Å². The molecule has 2 N–H and O–H groups in total. The Morgan fingerprint density at radius 2 is 0.851 bits per heavy atom. The van der Waals surface area contributed by atoms with E-state index in [0.29, 0.717) is 0 Å². The number of nitrogens with zero attached hydrogens (tertiary/aromatic N) is 2. The van der Waals surface area contributed by atoms with Crippen LogP contribution in [0.3, 0.4) is 0 Å². The van der Waals surface area contributed by atoms with Crippen molar-refractivity contribution in [3.8, 4) is 22.3 Å². The van der Waals surface area contributed by atoms with Gasteiger partial charge < -0.3 is 9.97 Å². The average molecular weight is 617 g/mol.